The zero-order valence-electron chi connectivity index (χ0n) is 14.4. The number of rotatable bonds is 2. The second-order valence-corrected chi connectivity index (χ2v) is 7.74. The van der Waals surface area contributed by atoms with Crippen molar-refractivity contribution in [3.05, 3.63) is 11.8 Å². The topological polar surface area (TPSA) is 12.0 Å². The summed E-state index contributed by atoms with van der Waals surface area (Å²) in [4.78, 5) is 0. The second kappa shape index (κ2) is 55.9. The van der Waals surface area contributed by atoms with Crippen molar-refractivity contribution in [2.24, 2.45) is 11.8 Å². The second-order valence-electron chi connectivity index (χ2n) is 3.85. The Balaban J connectivity index is -0.00000000980. The first-order valence-electron chi connectivity index (χ1n) is 4.83. The molecule has 1 aliphatic rings. The monoisotopic (exact) mass is 2920 g/mol. The molecule has 0 aliphatic carbocycles. The minimum atomic E-state index is 0. The smallest absolute Gasteiger partial charge is 0 e. The van der Waals surface area contributed by atoms with E-state index >= 15 is 0 Å². The first-order chi connectivity index (χ1) is 6.88. The molecule has 156 valence electrons. The summed E-state index contributed by atoms with van der Waals surface area (Å²) in [5.74, 6) is 1.32. The summed E-state index contributed by atoms with van der Waals surface area (Å²) < 4.78 is 6.01. The summed E-state index contributed by atoms with van der Waals surface area (Å²) in [6.45, 7) is 8.70. The first-order valence-corrected chi connectivity index (χ1v) is 9.23. The van der Waals surface area contributed by atoms with Gasteiger partial charge in [-0.15, -0.1) is 0 Å². The Bertz CT molecular complexity index is 306. The van der Waals surface area contributed by atoms with Crippen LogP contribution in [0.4, 0.5) is 0 Å². The molecule has 0 bridgehead atoms. The van der Waals surface area contributed by atoms with Crippen LogP contribution in [-0.4, -0.2) is 12.3 Å². The molecule has 0 aromatic heterocycles. The molecule has 0 unspecified atom stereocenters. The van der Waals surface area contributed by atoms with Crippen molar-refractivity contribution in [2.45, 2.75) is 27.7 Å². The van der Waals surface area contributed by atoms with Crippen molar-refractivity contribution < 1.29 is 311 Å². The molecule has 27 heavy (non-hydrogen) atoms. The van der Waals surface area contributed by atoms with E-state index in [1.807, 2.05) is 0 Å². The summed E-state index contributed by atoms with van der Waals surface area (Å²) >= 11 is 4.57. The molecule has 0 saturated carbocycles. The van der Waals surface area contributed by atoms with Crippen molar-refractivity contribution in [1.29, 1.82) is 0 Å². The van der Waals surface area contributed by atoms with Crippen LogP contribution in [0.15, 0.2) is 11.8 Å². The number of allylic oxidation sites excluding steroid dienone is 1. The average Bonchev–Trinajstić information content (AvgIpc) is 2.48. The summed E-state index contributed by atoms with van der Waals surface area (Å²) in [6.07, 6.45) is 2.28. The maximum atomic E-state index is 3.40. The van der Waals surface area contributed by atoms with E-state index in [0.717, 1.165) is 0 Å². The van der Waals surface area contributed by atoms with E-state index in [9.17, 15) is 0 Å². The molecule has 0 radical (unpaired) electrons. The van der Waals surface area contributed by atoms with Crippen LogP contribution in [0.1, 0.15) is 27.7 Å². The van der Waals surface area contributed by atoms with Gasteiger partial charge < -0.3 is 0 Å². The van der Waals surface area contributed by atoms with Gasteiger partial charge >= 0.3 is 127 Å². The normalized spacial score (nSPS) is 8.15. The Morgan fingerprint density at radius 2 is 0.963 bits per heavy atom. The zero-order valence-corrected chi connectivity index (χ0v) is 58.4. The molecule has 1 rings (SSSR count). The van der Waals surface area contributed by atoms with Crippen molar-refractivity contribution in [3.8, 4) is 0 Å². The molecule has 0 fully saturated rings. The van der Waals surface area contributed by atoms with Gasteiger partial charge in [-0.25, -0.2) is 0 Å². The zero-order chi connectivity index (χ0) is 12.0. The number of hydrogen-bond acceptors (Lipinski definition) is 1. The molecule has 0 atom stereocenters. The van der Waals surface area contributed by atoms with Crippen LogP contribution in [-0.2, 0) is 311 Å². The molecule has 1 nitrogen and oxygen atoms in total. The van der Waals surface area contributed by atoms with Crippen LogP contribution in [0.3, 0.4) is 0 Å². The Labute approximate surface area is 370 Å². The van der Waals surface area contributed by atoms with Crippen LogP contribution in [0, 0.1) is 11.8 Å². The van der Waals surface area contributed by atoms with Crippen molar-refractivity contribution in [2.75, 3.05) is 0 Å². The third-order valence-corrected chi connectivity index (χ3v) is 7.65. The maximum absolute atomic E-state index is 3.40. The average molecular weight is 2920 g/mol. The fourth-order valence-corrected chi connectivity index (χ4v) is 2.02. The van der Waals surface area contributed by atoms with E-state index in [1.165, 1.54) is 33.0 Å². The van der Waals surface area contributed by atoms with Crippen molar-refractivity contribution in [1.82, 2.24) is 5.32 Å². The van der Waals surface area contributed by atoms with Crippen LogP contribution < -0.4 is 5.32 Å². The van der Waals surface area contributed by atoms with Gasteiger partial charge in [0, 0.05) is 253 Å². The van der Waals surface area contributed by atoms with Gasteiger partial charge in [0.05, 0.1) is 0 Å². The summed E-state index contributed by atoms with van der Waals surface area (Å²) in [7, 11) is 0. The van der Waals surface area contributed by atoms with Gasteiger partial charge in [0.1, 0.15) is 0 Å². The fourth-order valence-electron chi connectivity index (χ4n) is 0.747. The Kier molecular flexibility index (Phi) is 172. The quantitative estimate of drug-likeness (QED) is 0.413. The largest absolute Gasteiger partial charge is 0 e. The van der Waals surface area contributed by atoms with Gasteiger partial charge in [0.15, 0.2) is 0 Å². The van der Waals surface area contributed by atoms with Crippen LogP contribution in [0.5, 0.6) is 0 Å². The molecule has 1 aliphatic heterocycles. The van der Waals surface area contributed by atoms with Gasteiger partial charge in [-0.1, -0.05) is 0 Å². The van der Waals surface area contributed by atoms with Crippen LogP contribution in [0.25, 0.3) is 0 Å². The molecular formula is C11H16NW15-. The molecule has 1 heterocycles. The molecule has 0 saturated heterocycles. The SMILES string of the molecule is CC(C)C1=C[C](=[W])[C](=[W])N1.CC(C)[C-]=[W].[W].[W].[W].[W].[W].[W].[W].[W].[W].[W].[W].[W]. The first kappa shape index (κ1) is 83.3. The molecule has 0 amide bonds. The van der Waals surface area contributed by atoms with Gasteiger partial charge in [0.25, 0.3) is 0 Å². The van der Waals surface area contributed by atoms with Gasteiger partial charge in [-0.2, -0.15) is 0 Å². The van der Waals surface area contributed by atoms with E-state index in [2.05, 4.69) is 43.5 Å². The van der Waals surface area contributed by atoms with Gasteiger partial charge in [0.2, 0.25) is 0 Å². The third-order valence-electron chi connectivity index (χ3n) is 1.63. The van der Waals surface area contributed by atoms with Crippen LogP contribution in [0.2, 0.25) is 0 Å². The predicted octanol–water partition coefficient (Wildman–Crippen LogP) is 1.36. The molecule has 0 aromatic carbocycles. The molecular weight excluding hydrogens is 2900 g/mol. The number of nitrogens with one attached hydrogen (secondary N) is 1. The Morgan fingerprint density at radius 1 is 0.704 bits per heavy atom. The standard InChI is InChI=1S/C7H9N.C4H7.15W/c1-6(2)7-4-3-5-8-7;1-4(2)3;;;;;;;;;;;;;;;/h4,6,8H,1-2H3;4H,1-2H3;;;;;;;;;;;;;;;/q;-1;;;;;;;;;;;;;;;. The van der Waals surface area contributed by atoms with Gasteiger partial charge in [-0.3, -0.25) is 0 Å². The molecule has 1 N–H and O–H groups in total. The van der Waals surface area contributed by atoms with Crippen molar-refractivity contribution in [3.63, 3.8) is 0 Å². The summed E-state index contributed by atoms with van der Waals surface area (Å²) in [5, 5.41) is 3.40. The number of hydrogen-bond donors (Lipinski definition) is 1. The van der Waals surface area contributed by atoms with E-state index in [0.29, 0.717) is 11.8 Å². The van der Waals surface area contributed by atoms with Crippen molar-refractivity contribution >= 4 is 12.3 Å². The van der Waals surface area contributed by atoms with E-state index < -0.39 is 0 Å². The fraction of sp³-hybridized carbons (Fsp3) is 0.545. The summed E-state index contributed by atoms with van der Waals surface area (Å²) in [5.41, 5.74) is 1.38. The minimum Gasteiger partial charge on any atom is 0 e. The Morgan fingerprint density at radius 3 is 1.04 bits per heavy atom. The van der Waals surface area contributed by atoms with Crippen LogP contribution >= 0.6 is 0 Å². The predicted molar refractivity (Wildman–Crippen MR) is 55.9 cm³/mol. The minimum absolute atomic E-state index is 0. The Hall–Kier alpha value is 9.47. The van der Waals surface area contributed by atoms with E-state index in [1.54, 1.807) is 38.7 Å². The van der Waals surface area contributed by atoms with E-state index in [4.69, 9.17) is 0 Å². The van der Waals surface area contributed by atoms with Gasteiger partial charge in [-0.05, 0) is 0 Å². The molecule has 0 aromatic rings. The van der Waals surface area contributed by atoms with E-state index in [-0.39, 0.29) is 253 Å². The third kappa shape index (κ3) is 52.7. The maximum Gasteiger partial charge on any atom is 0 e. The summed E-state index contributed by atoms with van der Waals surface area (Å²) in [6, 6.07) is 0. The molecule has 0 spiro atoms. The molecule has 16 heteroatoms.